The van der Waals surface area contributed by atoms with Crippen LogP contribution in [0.4, 0.5) is 4.79 Å². The van der Waals surface area contributed by atoms with Crippen molar-refractivity contribution in [3.8, 4) is 0 Å². The van der Waals surface area contributed by atoms with Crippen molar-refractivity contribution in [2.45, 2.75) is 53.4 Å². The number of nitrogens with zero attached hydrogens (tertiary/aromatic N) is 1. The van der Waals surface area contributed by atoms with E-state index in [2.05, 4.69) is 52.0 Å². The van der Waals surface area contributed by atoms with Crippen LogP contribution in [-0.4, -0.2) is 43.3 Å². The molecule has 5 nitrogen and oxygen atoms in total. The summed E-state index contributed by atoms with van der Waals surface area (Å²) in [5.74, 6) is -0.316. The van der Waals surface area contributed by atoms with E-state index in [4.69, 9.17) is 9.47 Å². The molecular formula is C29H39NO4. The van der Waals surface area contributed by atoms with Gasteiger partial charge in [0.1, 0.15) is 0 Å². The molecule has 0 aliphatic carbocycles. The van der Waals surface area contributed by atoms with E-state index < -0.39 is 0 Å². The number of rotatable bonds is 9. The first-order valence-corrected chi connectivity index (χ1v) is 12.3. The number of carbonyl (C=O) groups is 2. The molecule has 1 aliphatic rings. The van der Waals surface area contributed by atoms with Crippen molar-refractivity contribution in [3.63, 3.8) is 0 Å². The molecule has 1 fully saturated rings. The first-order chi connectivity index (χ1) is 16.1. The minimum Gasteiger partial charge on any atom is -0.465 e. The van der Waals surface area contributed by atoms with Crippen molar-refractivity contribution in [2.75, 3.05) is 26.3 Å². The number of piperidine rings is 1. The molecule has 0 radical (unpaired) electrons. The van der Waals surface area contributed by atoms with E-state index in [9.17, 15) is 9.59 Å². The van der Waals surface area contributed by atoms with Crippen molar-refractivity contribution < 1.29 is 19.1 Å². The van der Waals surface area contributed by atoms with Gasteiger partial charge in [-0.1, -0.05) is 88.4 Å². The zero-order valence-corrected chi connectivity index (χ0v) is 21.1. The molecule has 0 spiro atoms. The number of likely N-dealkylation sites (tertiary alicyclic amines) is 1. The molecule has 0 unspecified atom stereocenters. The summed E-state index contributed by atoms with van der Waals surface area (Å²) < 4.78 is 11.3. The average molecular weight is 466 g/mol. The lowest BCUT2D eigenvalue weighted by Gasteiger charge is -2.32. The molecule has 2 aromatic rings. The number of ether oxygens (including phenoxy) is 2. The number of esters is 1. The summed E-state index contributed by atoms with van der Waals surface area (Å²) in [6, 6.07) is 20.5. The first kappa shape index (κ1) is 25.8. The summed E-state index contributed by atoms with van der Waals surface area (Å²) >= 11 is 0. The van der Waals surface area contributed by atoms with E-state index in [1.54, 1.807) is 4.90 Å². The minimum atomic E-state index is -0.294. The fourth-order valence-corrected chi connectivity index (χ4v) is 4.43. The van der Waals surface area contributed by atoms with Gasteiger partial charge in [-0.2, -0.15) is 0 Å². The number of benzene rings is 2. The number of carbonyl (C=O) groups excluding carboxylic acids is 2. The summed E-state index contributed by atoms with van der Waals surface area (Å²) in [5, 5.41) is 0. The molecule has 0 bridgehead atoms. The topological polar surface area (TPSA) is 55.8 Å². The third kappa shape index (κ3) is 8.19. The standard InChI is InChI=1S/C29H39NO4/c1-28(2,19-23-11-7-5-8-12-23)21-33-26(31)25-15-17-30(18-16-25)27(32)34-22-29(3,4)20-24-13-9-6-10-14-24/h5-14,25H,15-22H2,1-4H3. The Morgan fingerprint density at radius 2 is 1.21 bits per heavy atom. The third-order valence-corrected chi connectivity index (χ3v) is 6.33. The molecule has 0 aromatic heterocycles. The van der Waals surface area contributed by atoms with Gasteiger partial charge in [0.15, 0.2) is 0 Å². The molecule has 0 N–H and O–H groups in total. The maximum atomic E-state index is 12.6. The van der Waals surface area contributed by atoms with Crippen LogP contribution in [-0.2, 0) is 27.1 Å². The summed E-state index contributed by atoms with van der Waals surface area (Å²) in [5.41, 5.74) is 2.19. The minimum absolute atomic E-state index is 0.131. The average Bonchev–Trinajstić information content (AvgIpc) is 2.82. The van der Waals surface area contributed by atoms with Crippen LogP contribution in [0.1, 0.15) is 51.7 Å². The van der Waals surface area contributed by atoms with Gasteiger partial charge in [-0.3, -0.25) is 4.79 Å². The quantitative estimate of drug-likeness (QED) is 0.432. The van der Waals surface area contributed by atoms with Crippen LogP contribution in [0.15, 0.2) is 60.7 Å². The van der Waals surface area contributed by atoms with Gasteiger partial charge in [0, 0.05) is 23.9 Å². The molecular weight excluding hydrogens is 426 g/mol. The Hall–Kier alpha value is -2.82. The first-order valence-electron chi connectivity index (χ1n) is 12.3. The lowest BCUT2D eigenvalue weighted by molar-refractivity contribution is -0.153. The summed E-state index contributed by atoms with van der Waals surface area (Å²) in [7, 11) is 0. The SMILES string of the molecule is CC(C)(COC(=O)C1CCN(C(=O)OCC(C)(C)Cc2ccccc2)CC1)Cc1ccccc1. The lowest BCUT2D eigenvalue weighted by atomic mass is 9.86. The fraction of sp³-hybridized carbons (Fsp3) is 0.517. The highest BCUT2D eigenvalue weighted by Gasteiger charge is 2.31. The van der Waals surface area contributed by atoms with Crippen LogP contribution in [0.25, 0.3) is 0 Å². The predicted molar refractivity (Wildman–Crippen MR) is 134 cm³/mol. The second-order valence-electron chi connectivity index (χ2n) is 11.1. The van der Waals surface area contributed by atoms with E-state index in [-0.39, 0.29) is 28.8 Å². The van der Waals surface area contributed by atoms with Gasteiger partial charge in [-0.15, -0.1) is 0 Å². The van der Waals surface area contributed by atoms with E-state index in [1.807, 2.05) is 36.4 Å². The molecule has 1 saturated heterocycles. The fourth-order valence-electron chi connectivity index (χ4n) is 4.43. The molecule has 0 atom stereocenters. The summed E-state index contributed by atoms with van der Waals surface area (Å²) in [6.45, 7) is 10.2. The molecule has 1 aliphatic heterocycles. The van der Waals surface area contributed by atoms with Crippen LogP contribution in [0.3, 0.4) is 0 Å². The molecule has 1 amide bonds. The molecule has 3 rings (SSSR count). The Bertz CT molecular complexity index is 838. The zero-order chi connectivity index (χ0) is 24.6. The normalized spacial score (nSPS) is 15.1. The van der Waals surface area contributed by atoms with Crippen molar-refractivity contribution in [3.05, 3.63) is 71.8 Å². The van der Waals surface area contributed by atoms with Gasteiger partial charge in [0.25, 0.3) is 0 Å². The number of amides is 1. The Labute approximate surface area is 204 Å². The lowest BCUT2D eigenvalue weighted by Crippen LogP contribution is -2.42. The van der Waals surface area contributed by atoms with E-state index >= 15 is 0 Å². The monoisotopic (exact) mass is 465 g/mol. The van der Waals surface area contributed by atoms with E-state index in [0.29, 0.717) is 39.1 Å². The Balaban J connectivity index is 1.38. The van der Waals surface area contributed by atoms with Gasteiger partial charge in [0.05, 0.1) is 19.1 Å². The molecule has 0 saturated carbocycles. The highest BCUT2D eigenvalue weighted by molar-refractivity contribution is 5.73. The van der Waals surface area contributed by atoms with Gasteiger partial charge in [-0.05, 0) is 36.8 Å². The van der Waals surface area contributed by atoms with Crippen LogP contribution in [0.5, 0.6) is 0 Å². The highest BCUT2D eigenvalue weighted by atomic mass is 16.6. The van der Waals surface area contributed by atoms with E-state index in [0.717, 1.165) is 12.8 Å². The molecule has 5 heteroatoms. The smallest absolute Gasteiger partial charge is 0.409 e. The van der Waals surface area contributed by atoms with Gasteiger partial charge >= 0.3 is 12.1 Å². The summed E-state index contributed by atoms with van der Waals surface area (Å²) in [4.78, 5) is 26.9. The van der Waals surface area contributed by atoms with Gasteiger partial charge in [0.2, 0.25) is 0 Å². The van der Waals surface area contributed by atoms with Crippen LogP contribution >= 0.6 is 0 Å². The maximum absolute atomic E-state index is 12.6. The Morgan fingerprint density at radius 3 is 1.68 bits per heavy atom. The van der Waals surface area contributed by atoms with Crippen molar-refractivity contribution in [1.29, 1.82) is 0 Å². The van der Waals surface area contributed by atoms with Crippen molar-refractivity contribution >= 4 is 12.1 Å². The second kappa shape index (κ2) is 11.5. The summed E-state index contributed by atoms with van der Waals surface area (Å²) in [6.07, 6.45) is 2.62. The van der Waals surface area contributed by atoms with Crippen LogP contribution < -0.4 is 0 Å². The van der Waals surface area contributed by atoms with Crippen LogP contribution in [0, 0.1) is 16.7 Å². The highest BCUT2D eigenvalue weighted by Crippen LogP contribution is 2.26. The van der Waals surface area contributed by atoms with Crippen molar-refractivity contribution in [2.24, 2.45) is 16.7 Å². The molecule has 34 heavy (non-hydrogen) atoms. The maximum Gasteiger partial charge on any atom is 0.409 e. The van der Waals surface area contributed by atoms with E-state index in [1.165, 1.54) is 11.1 Å². The largest absolute Gasteiger partial charge is 0.465 e. The predicted octanol–water partition coefficient (Wildman–Crippen LogP) is 5.92. The Kier molecular flexibility index (Phi) is 8.76. The molecule has 184 valence electrons. The van der Waals surface area contributed by atoms with Gasteiger partial charge in [-0.25, -0.2) is 4.79 Å². The van der Waals surface area contributed by atoms with Crippen molar-refractivity contribution in [1.82, 2.24) is 4.90 Å². The Morgan fingerprint density at radius 1 is 0.765 bits per heavy atom. The molecule has 2 aromatic carbocycles. The number of hydrogen-bond donors (Lipinski definition) is 0. The van der Waals surface area contributed by atoms with Crippen LogP contribution in [0.2, 0.25) is 0 Å². The third-order valence-electron chi connectivity index (χ3n) is 6.33. The van der Waals surface area contributed by atoms with Gasteiger partial charge < -0.3 is 14.4 Å². The molecule has 1 heterocycles. The number of hydrogen-bond acceptors (Lipinski definition) is 4. The zero-order valence-electron chi connectivity index (χ0n) is 21.1. The second-order valence-corrected chi connectivity index (χ2v) is 11.1.